The van der Waals surface area contributed by atoms with E-state index in [1.165, 1.54) is 32.5 Å². The third kappa shape index (κ3) is 1.80. The zero-order valence-corrected chi connectivity index (χ0v) is 8.21. The zero-order valence-electron chi connectivity index (χ0n) is 8.21. The molecule has 1 saturated heterocycles. The lowest BCUT2D eigenvalue weighted by Gasteiger charge is -2.23. The lowest BCUT2D eigenvalue weighted by molar-refractivity contribution is 0.243. The van der Waals surface area contributed by atoms with E-state index >= 15 is 0 Å². The van der Waals surface area contributed by atoms with Gasteiger partial charge < -0.3 is 10.2 Å². The molecule has 0 aromatic rings. The summed E-state index contributed by atoms with van der Waals surface area (Å²) in [5.41, 5.74) is 0. The van der Waals surface area contributed by atoms with Crippen LogP contribution in [-0.2, 0) is 0 Å². The van der Waals surface area contributed by atoms with Gasteiger partial charge in [0.25, 0.3) is 0 Å². The normalized spacial score (nSPS) is 40.8. The van der Waals surface area contributed by atoms with Gasteiger partial charge in [-0.1, -0.05) is 6.92 Å². The van der Waals surface area contributed by atoms with Crippen LogP contribution in [0.25, 0.3) is 0 Å². The molecule has 70 valence electrons. The van der Waals surface area contributed by atoms with Crippen LogP contribution >= 0.6 is 0 Å². The quantitative estimate of drug-likeness (QED) is 0.674. The van der Waals surface area contributed by atoms with Gasteiger partial charge in [-0.15, -0.1) is 0 Å². The second-order valence-electron chi connectivity index (χ2n) is 4.56. The highest BCUT2D eigenvalue weighted by molar-refractivity contribution is 4.87. The van der Waals surface area contributed by atoms with Crippen molar-refractivity contribution in [3.63, 3.8) is 0 Å². The van der Waals surface area contributed by atoms with Gasteiger partial charge in [-0.05, 0) is 38.3 Å². The van der Waals surface area contributed by atoms with Crippen molar-refractivity contribution in [1.82, 2.24) is 10.2 Å². The van der Waals surface area contributed by atoms with Crippen molar-refractivity contribution >= 4 is 0 Å². The minimum Gasteiger partial charge on any atom is -0.315 e. The van der Waals surface area contributed by atoms with Crippen LogP contribution in [0.1, 0.15) is 19.8 Å². The Balaban J connectivity index is 1.72. The molecule has 12 heavy (non-hydrogen) atoms. The summed E-state index contributed by atoms with van der Waals surface area (Å²) >= 11 is 0. The zero-order chi connectivity index (χ0) is 8.55. The summed E-state index contributed by atoms with van der Waals surface area (Å²) < 4.78 is 0. The van der Waals surface area contributed by atoms with Crippen molar-refractivity contribution in [3.8, 4) is 0 Å². The van der Waals surface area contributed by atoms with Crippen LogP contribution in [0.2, 0.25) is 0 Å². The Kier molecular flexibility index (Phi) is 2.37. The van der Waals surface area contributed by atoms with Crippen LogP contribution in [0.3, 0.4) is 0 Å². The molecule has 0 radical (unpaired) electrons. The summed E-state index contributed by atoms with van der Waals surface area (Å²) in [6.45, 7) is 6.12. The molecule has 2 heteroatoms. The SMILES string of the molecule is CC1CC1CN(C)C1CCNC1. The molecule has 0 spiro atoms. The molecule has 1 heterocycles. The fraction of sp³-hybridized carbons (Fsp3) is 1.00. The first-order chi connectivity index (χ1) is 5.77. The first-order valence-corrected chi connectivity index (χ1v) is 5.18. The van der Waals surface area contributed by atoms with Gasteiger partial charge in [0.2, 0.25) is 0 Å². The molecule has 1 aliphatic heterocycles. The van der Waals surface area contributed by atoms with E-state index in [0.717, 1.165) is 17.9 Å². The third-order valence-electron chi connectivity index (χ3n) is 3.46. The second-order valence-corrected chi connectivity index (χ2v) is 4.56. The molecule has 1 aliphatic carbocycles. The Morgan fingerprint density at radius 1 is 1.50 bits per heavy atom. The van der Waals surface area contributed by atoms with E-state index in [1.807, 2.05) is 0 Å². The average Bonchev–Trinajstić information content (AvgIpc) is 2.58. The largest absolute Gasteiger partial charge is 0.315 e. The number of hydrogen-bond acceptors (Lipinski definition) is 2. The molecule has 2 fully saturated rings. The van der Waals surface area contributed by atoms with Gasteiger partial charge in [0.05, 0.1) is 0 Å². The summed E-state index contributed by atoms with van der Waals surface area (Å²) in [5, 5.41) is 3.42. The number of hydrogen-bond donors (Lipinski definition) is 1. The first-order valence-electron chi connectivity index (χ1n) is 5.18. The highest BCUT2D eigenvalue weighted by atomic mass is 15.2. The number of nitrogens with zero attached hydrogens (tertiary/aromatic N) is 1. The smallest absolute Gasteiger partial charge is 0.0229 e. The van der Waals surface area contributed by atoms with Crippen LogP contribution in [0.5, 0.6) is 0 Å². The minimum absolute atomic E-state index is 0.817. The van der Waals surface area contributed by atoms with Crippen molar-refractivity contribution in [1.29, 1.82) is 0 Å². The molecule has 1 N–H and O–H groups in total. The first kappa shape index (κ1) is 8.52. The summed E-state index contributed by atoms with van der Waals surface area (Å²) in [6.07, 6.45) is 2.81. The predicted molar refractivity (Wildman–Crippen MR) is 51.2 cm³/mol. The maximum absolute atomic E-state index is 3.42. The summed E-state index contributed by atoms with van der Waals surface area (Å²) in [4.78, 5) is 2.55. The Morgan fingerprint density at radius 2 is 2.25 bits per heavy atom. The van der Waals surface area contributed by atoms with Gasteiger partial charge in [0.1, 0.15) is 0 Å². The Bertz CT molecular complexity index is 152. The summed E-state index contributed by atoms with van der Waals surface area (Å²) in [6, 6.07) is 0.817. The van der Waals surface area contributed by atoms with E-state index in [2.05, 4.69) is 24.2 Å². The molecule has 3 atom stereocenters. The third-order valence-corrected chi connectivity index (χ3v) is 3.46. The van der Waals surface area contributed by atoms with E-state index in [4.69, 9.17) is 0 Å². The van der Waals surface area contributed by atoms with Gasteiger partial charge >= 0.3 is 0 Å². The number of likely N-dealkylation sites (N-methyl/N-ethyl adjacent to an activating group) is 1. The van der Waals surface area contributed by atoms with Gasteiger partial charge in [-0.2, -0.15) is 0 Å². The van der Waals surface area contributed by atoms with E-state index < -0.39 is 0 Å². The van der Waals surface area contributed by atoms with E-state index in [0.29, 0.717) is 0 Å². The molecule has 2 nitrogen and oxygen atoms in total. The van der Waals surface area contributed by atoms with Crippen molar-refractivity contribution in [2.75, 3.05) is 26.7 Å². The molecule has 1 saturated carbocycles. The average molecular weight is 168 g/mol. The Labute approximate surface area is 75.3 Å². The van der Waals surface area contributed by atoms with Crippen LogP contribution in [-0.4, -0.2) is 37.6 Å². The molecule has 0 amide bonds. The minimum atomic E-state index is 0.817. The van der Waals surface area contributed by atoms with Crippen LogP contribution in [0, 0.1) is 11.8 Å². The molecule has 2 rings (SSSR count). The van der Waals surface area contributed by atoms with Gasteiger partial charge in [0, 0.05) is 19.1 Å². The van der Waals surface area contributed by atoms with Crippen molar-refractivity contribution in [2.24, 2.45) is 11.8 Å². The van der Waals surface area contributed by atoms with Gasteiger partial charge in [-0.3, -0.25) is 0 Å². The van der Waals surface area contributed by atoms with Crippen molar-refractivity contribution in [3.05, 3.63) is 0 Å². The number of nitrogens with one attached hydrogen (secondary N) is 1. The van der Waals surface area contributed by atoms with Crippen LogP contribution in [0.4, 0.5) is 0 Å². The van der Waals surface area contributed by atoms with Crippen molar-refractivity contribution < 1.29 is 0 Å². The van der Waals surface area contributed by atoms with Crippen LogP contribution in [0.15, 0.2) is 0 Å². The maximum atomic E-state index is 3.42. The fourth-order valence-electron chi connectivity index (χ4n) is 2.19. The molecular weight excluding hydrogens is 148 g/mol. The predicted octanol–water partition coefficient (Wildman–Crippen LogP) is 0.936. The summed E-state index contributed by atoms with van der Waals surface area (Å²) in [7, 11) is 2.28. The van der Waals surface area contributed by atoms with E-state index in [9.17, 15) is 0 Å². The van der Waals surface area contributed by atoms with Gasteiger partial charge in [0.15, 0.2) is 0 Å². The van der Waals surface area contributed by atoms with E-state index in [-0.39, 0.29) is 0 Å². The summed E-state index contributed by atoms with van der Waals surface area (Å²) in [5.74, 6) is 2.01. The number of rotatable bonds is 3. The molecule has 2 aliphatic rings. The van der Waals surface area contributed by atoms with Crippen molar-refractivity contribution in [2.45, 2.75) is 25.8 Å². The maximum Gasteiger partial charge on any atom is 0.0229 e. The molecule has 3 unspecified atom stereocenters. The molecule has 0 aromatic carbocycles. The standard InChI is InChI=1S/C10H20N2/c1-8-5-9(8)7-12(2)10-3-4-11-6-10/h8-11H,3-7H2,1-2H3. The lowest BCUT2D eigenvalue weighted by atomic mass is 10.2. The molecular formula is C10H20N2. The Hall–Kier alpha value is -0.0800. The lowest BCUT2D eigenvalue weighted by Crippen LogP contribution is -2.35. The van der Waals surface area contributed by atoms with Gasteiger partial charge in [-0.25, -0.2) is 0 Å². The Morgan fingerprint density at radius 3 is 2.75 bits per heavy atom. The molecule has 0 bridgehead atoms. The van der Waals surface area contributed by atoms with E-state index in [1.54, 1.807) is 0 Å². The highest BCUT2D eigenvalue weighted by Crippen LogP contribution is 2.38. The fourth-order valence-corrected chi connectivity index (χ4v) is 2.19. The molecule has 0 aromatic heterocycles. The monoisotopic (exact) mass is 168 g/mol. The van der Waals surface area contributed by atoms with Crippen LogP contribution < -0.4 is 5.32 Å². The highest BCUT2D eigenvalue weighted by Gasteiger charge is 2.34. The second kappa shape index (κ2) is 3.35. The topological polar surface area (TPSA) is 15.3 Å².